The van der Waals surface area contributed by atoms with Gasteiger partial charge in [-0.1, -0.05) is 13.3 Å². The molecule has 2 fully saturated rings. The van der Waals surface area contributed by atoms with Gasteiger partial charge in [0.1, 0.15) is 0 Å². The average molecular weight is 249 g/mol. The Hall–Kier alpha value is -1.08. The quantitative estimate of drug-likeness (QED) is 0.744. The second kappa shape index (κ2) is 6.19. The first-order chi connectivity index (χ1) is 8.74. The summed E-state index contributed by atoms with van der Waals surface area (Å²) in [6.45, 7) is 5.42. The SMILES string of the molecule is CCCC(C#N)N1CCN(C(=O)CC2CC2)CC1. The molecule has 1 atom stereocenters. The van der Waals surface area contributed by atoms with E-state index in [2.05, 4.69) is 17.9 Å². The molecule has 0 aromatic heterocycles. The summed E-state index contributed by atoms with van der Waals surface area (Å²) in [5.41, 5.74) is 0. The molecule has 1 saturated heterocycles. The van der Waals surface area contributed by atoms with Crippen LogP contribution in [0.1, 0.15) is 39.0 Å². The van der Waals surface area contributed by atoms with Gasteiger partial charge in [0.2, 0.25) is 5.91 Å². The summed E-state index contributed by atoms with van der Waals surface area (Å²) in [5, 5.41) is 9.14. The minimum Gasteiger partial charge on any atom is -0.340 e. The predicted octanol–water partition coefficient (Wildman–Crippen LogP) is 1.62. The van der Waals surface area contributed by atoms with E-state index < -0.39 is 0 Å². The van der Waals surface area contributed by atoms with Crippen LogP contribution in [0.5, 0.6) is 0 Å². The minimum absolute atomic E-state index is 0.0377. The van der Waals surface area contributed by atoms with E-state index in [4.69, 9.17) is 5.26 Å². The van der Waals surface area contributed by atoms with Crippen molar-refractivity contribution in [1.82, 2.24) is 9.80 Å². The van der Waals surface area contributed by atoms with Crippen LogP contribution >= 0.6 is 0 Å². The van der Waals surface area contributed by atoms with E-state index in [9.17, 15) is 4.79 Å². The molecule has 1 aliphatic carbocycles. The zero-order valence-corrected chi connectivity index (χ0v) is 11.3. The number of hydrogen-bond donors (Lipinski definition) is 0. The van der Waals surface area contributed by atoms with Gasteiger partial charge in [-0.25, -0.2) is 0 Å². The molecule has 1 aliphatic heterocycles. The fraction of sp³-hybridized carbons (Fsp3) is 0.857. The number of amides is 1. The zero-order valence-electron chi connectivity index (χ0n) is 11.3. The molecule has 0 aromatic rings. The van der Waals surface area contributed by atoms with Crippen molar-refractivity contribution in [3.05, 3.63) is 0 Å². The fourth-order valence-electron chi connectivity index (χ4n) is 2.58. The standard InChI is InChI=1S/C14H23N3O/c1-2-3-13(11-15)16-6-8-17(9-7-16)14(18)10-12-4-5-12/h12-13H,2-10H2,1H3. The van der Waals surface area contributed by atoms with E-state index in [1.165, 1.54) is 12.8 Å². The topological polar surface area (TPSA) is 47.3 Å². The zero-order chi connectivity index (χ0) is 13.0. The number of hydrogen-bond acceptors (Lipinski definition) is 3. The highest BCUT2D eigenvalue weighted by Gasteiger charge is 2.29. The van der Waals surface area contributed by atoms with E-state index >= 15 is 0 Å². The number of rotatable bonds is 5. The van der Waals surface area contributed by atoms with Crippen LogP contribution < -0.4 is 0 Å². The minimum atomic E-state index is 0.0377. The van der Waals surface area contributed by atoms with Crippen LogP contribution in [0, 0.1) is 17.2 Å². The van der Waals surface area contributed by atoms with Crippen LogP contribution in [0.25, 0.3) is 0 Å². The van der Waals surface area contributed by atoms with Crippen LogP contribution in [0.3, 0.4) is 0 Å². The van der Waals surface area contributed by atoms with Gasteiger partial charge in [0, 0.05) is 32.6 Å². The van der Waals surface area contributed by atoms with Crippen LogP contribution in [0.2, 0.25) is 0 Å². The Morgan fingerprint density at radius 1 is 1.33 bits per heavy atom. The fourth-order valence-corrected chi connectivity index (χ4v) is 2.58. The molecule has 4 nitrogen and oxygen atoms in total. The van der Waals surface area contributed by atoms with Gasteiger partial charge < -0.3 is 4.90 Å². The van der Waals surface area contributed by atoms with E-state index in [0.717, 1.165) is 45.4 Å². The van der Waals surface area contributed by atoms with Gasteiger partial charge >= 0.3 is 0 Å². The monoisotopic (exact) mass is 249 g/mol. The Kier molecular flexibility index (Phi) is 4.60. The lowest BCUT2D eigenvalue weighted by molar-refractivity contribution is -0.133. The van der Waals surface area contributed by atoms with Crippen LogP contribution in [-0.2, 0) is 4.79 Å². The Bertz CT molecular complexity index is 324. The Morgan fingerprint density at radius 2 is 2.00 bits per heavy atom. The maximum absolute atomic E-state index is 12.0. The first kappa shape index (κ1) is 13.4. The van der Waals surface area contributed by atoms with Crippen molar-refractivity contribution in [1.29, 1.82) is 5.26 Å². The largest absolute Gasteiger partial charge is 0.340 e. The summed E-state index contributed by atoms with van der Waals surface area (Å²) >= 11 is 0. The van der Waals surface area contributed by atoms with Gasteiger partial charge in [0.05, 0.1) is 12.1 Å². The van der Waals surface area contributed by atoms with Crippen LogP contribution in [0.15, 0.2) is 0 Å². The van der Waals surface area contributed by atoms with Crippen molar-refractivity contribution in [2.24, 2.45) is 5.92 Å². The third kappa shape index (κ3) is 3.46. The molecule has 1 saturated carbocycles. The number of carbonyl (C=O) groups excluding carboxylic acids is 1. The summed E-state index contributed by atoms with van der Waals surface area (Å²) in [7, 11) is 0. The van der Waals surface area contributed by atoms with E-state index in [1.54, 1.807) is 0 Å². The molecule has 0 radical (unpaired) electrons. The molecular formula is C14H23N3O. The van der Waals surface area contributed by atoms with Gasteiger partial charge in [-0.3, -0.25) is 9.69 Å². The van der Waals surface area contributed by atoms with Gasteiger partial charge in [-0.05, 0) is 25.2 Å². The van der Waals surface area contributed by atoms with Crippen molar-refractivity contribution in [2.75, 3.05) is 26.2 Å². The molecular weight excluding hydrogens is 226 g/mol. The first-order valence-electron chi connectivity index (χ1n) is 7.16. The second-order valence-electron chi connectivity index (χ2n) is 5.50. The maximum Gasteiger partial charge on any atom is 0.222 e. The third-order valence-electron chi connectivity index (χ3n) is 3.98. The molecule has 100 valence electrons. The summed E-state index contributed by atoms with van der Waals surface area (Å²) in [4.78, 5) is 16.2. The van der Waals surface area contributed by atoms with Crippen LogP contribution in [0.4, 0.5) is 0 Å². The highest BCUT2D eigenvalue weighted by Crippen LogP contribution is 2.33. The van der Waals surface area contributed by atoms with Crippen LogP contribution in [-0.4, -0.2) is 47.9 Å². The Labute approximate surface area is 110 Å². The van der Waals surface area contributed by atoms with E-state index in [0.29, 0.717) is 11.8 Å². The van der Waals surface area contributed by atoms with Gasteiger partial charge in [0.15, 0.2) is 0 Å². The molecule has 2 rings (SSSR count). The van der Waals surface area contributed by atoms with E-state index in [1.807, 2.05) is 4.90 Å². The molecule has 0 spiro atoms. The highest BCUT2D eigenvalue weighted by atomic mass is 16.2. The van der Waals surface area contributed by atoms with Gasteiger partial charge in [-0.15, -0.1) is 0 Å². The molecule has 0 bridgehead atoms. The lowest BCUT2D eigenvalue weighted by Gasteiger charge is -2.37. The lowest BCUT2D eigenvalue weighted by Crippen LogP contribution is -2.51. The molecule has 0 N–H and O–H groups in total. The molecule has 2 aliphatic rings. The third-order valence-corrected chi connectivity index (χ3v) is 3.98. The number of nitriles is 1. The summed E-state index contributed by atoms with van der Waals surface area (Å²) in [6.07, 6.45) is 5.19. The molecule has 4 heteroatoms. The summed E-state index contributed by atoms with van der Waals surface area (Å²) in [5.74, 6) is 0.989. The molecule has 1 heterocycles. The van der Waals surface area contributed by atoms with Crippen molar-refractivity contribution < 1.29 is 4.79 Å². The molecule has 0 aromatic carbocycles. The Morgan fingerprint density at radius 3 is 2.50 bits per heavy atom. The Balaban J connectivity index is 1.76. The lowest BCUT2D eigenvalue weighted by atomic mass is 10.1. The molecule has 1 unspecified atom stereocenters. The van der Waals surface area contributed by atoms with Crippen molar-refractivity contribution in [2.45, 2.75) is 45.1 Å². The number of piperazine rings is 1. The molecule has 18 heavy (non-hydrogen) atoms. The summed E-state index contributed by atoms with van der Waals surface area (Å²) in [6, 6.07) is 2.42. The predicted molar refractivity (Wildman–Crippen MR) is 69.8 cm³/mol. The maximum atomic E-state index is 12.0. The summed E-state index contributed by atoms with van der Waals surface area (Å²) < 4.78 is 0. The highest BCUT2D eigenvalue weighted by molar-refractivity contribution is 5.76. The normalized spacial score (nSPS) is 22.6. The first-order valence-corrected chi connectivity index (χ1v) is 7.16. The molecule has 1 amide bonds. The van der Waals surface area contributed by atoms with Gasteiger partial charge in [-0.2, -0.15) is 5.26 Å². The number of carbonyl (C=O) groups is 1. The van der Waals surface area contributed by atoms with Crippen molar-refractivity contribution >= 4 is 5.91 Å². The van der Waals surface area contributed by atoms with Crippen molar-refractivity contribution in [3.8, 4) is 6.07 Å². The average Bonchev–Trinajstić information content (AvgIpc) is 3.20. The van der Waals surface area contributed by atoms with E-state index in [-0.39, 0.29) is 6.04 Å². The smallest absolute Gasteiger partial charge is 0.222 e. The van der Waals surface area contributed by atoms with Crippen molar-refractivity contribution in [3.63, 3.8) is 0 Å². The second-order valence-corrected chi connectivity index (χ2v) is 5.50. The van der Waals surface area contributed by atoms with Gasteiger partial charge in [0.25, 0.3) is 0 Å². The number of nitrogens with zero attached hydrogens (tertiary/aromatic N) is 3.